The first-order valence-corrected chi connectivity index (χ1v) is 6.96. The van der Waals surface area contributed by atoms with Crippen LogP contribution in [0.25, 0.3) is 0 Å². The molecule has 3 rings (SSSR count). The second-order valence-electron chi connectivity index (χ2n) is 5.15. The molecule has 2 heterocycles. The minimum atomic E-state index is -0.690. The van der Waals surface area contributed by atoms with E-state index in [0.29, 0.717) is 17.3 Å². The molecule has 0 spiro atoms. The molecule has 0 radical (unpaired) electrons. The van der Waals surface area contributed by atoms with Gasteiger partial charge < -0.3 is 19.7 Å². The van der Waals surface area contributed by atoms with Crippen molar-refractivity contribution >= 4 is 17.4 Å². The molecule has 0 fully saturated rings. The molecule has 1 N–H and O–H groups in total. The summed E-state index contributed by atoms with van der Waals surface area (Å²) in [7, 11) is 3.86. The molecule has 114 valence electrons. The number of aromatic nitrogens is 1. The molecule has 0 saturated heterocycles. The Bertz CT molecular complexity index is 671. The molecule has 1 aromatic heterocycles. The standard InChI is InChI=1S/C16H17N3O3/c1-19(2)11-7-8-15(17-9-11)18-16(20)14-10-21-12-5-3-4-6-13(12)22-14/h3-9,14H,10H2,1-2H3,(H,17,18,20). The Morgan fingerprint density at radius 2 is 2.00 bits per heavy atom. The third-order valence-electron chi connectivity index (χ3n) is 3.32. The normalized spacial score (nSPS) is 16.0. The fourth-order valence-corrected chi connectivity index (χ4v) is 2.08. The Labute approximate surface area is 128 Å². The maximum atomic E-state index is 12.2. The van der Waals surface area contributed by atoms with Gasteiger partial charge in [0, 0.05) is 14.1 Å². The van der Waals surface area contributed by atoms with Gasteiger partial charge in [-0.3, -0.25) is 4.79 Å². The zero-order chi connectivity index (χ0) is 15.5. The second kappa shape index (κ2) is 5.93. The third-order valence-corrected chi connectivity index (χ3v) is 3.32. The summed E-state index contributed by atoms with van der Waals surface area (Å²) in [6, 6.07) is 10.9. The summed E-state index contributed by atoms with van der Waals surface area (Å²) in [6.07, 6.45) is 1.01. The number of amides is 1. The van der Waals surface area contributed by atoms with E-state index < -0.39 is 6.10 Å². The number of carbonyl (C=O) groups excluding carboxylic acids is 1. The van der Waals surface area contributed by atoms with Crippen LogP contribution in [0, 0.1) is 0 Å². The average Bonchev–Trinajstić information content (AvgIpc) is 2.55. The Balaban J connectivity index is 1.65. The number of hydrogen-bond acceptors (Lipinski definition) is 5. The van der Waals surface area contributed by atoms with Gasteiger partial charge in [-0.15, -0.1) is 0 Å². The lowest BCUT2D eigenvalue weighted by molar-refractivity contribution is -0.125. The van der Waals surface area contributed by atoms with Crippen LogP contribution in [0.5, 0.6) is 11.5 Å². The van der Waals surface area contributed by atoms with Crippen LogP contribution in [-0.4, -0.2) is 37.7 Å². The first-order valence-electron chi connectivity index (χ1n) is 6.96. The highest BCUT2D eigenvalue weighted by atomic mass is 16.6. The molecular formula is C16H17N3O3. The third kappa shape index (κ3) is 2.95. The van der Waals surface area contributed by atoms with Crippen molar-refractivity contribution in [2.75, 3.05) is 30.9 Å². The monoisotopic (exact) mass is 299 g/mol. The van der Waals surface area contributed by atoms with E-state index in [0.717, 1.165) is 5.69 Å². The molecule has 2 aromatic rings. The van der Waals surface area contributed by atoms with E-state index in [2.05, 4.69) is 10.3 Å². The number of ether oxygens (including phenoxy) is 2. The summed E-state index contributed by atoms with van der Waals surface area (Å²) in [5.41, 5.74) is 0.962. The van der Waals surface area contributed by atoms with Crippen LogP contribution in [0.2, 0.25) is 0 Å². The molecule has 0 bridgehead atoms. The minimum absolute atomic E-state index is 0.179. The Kier molecular flexibility index (Phi) is 3.82. The van der Waals surface area contributed by atoms with E-state index in [4.69, 9.17) is 9.47 Å². The number of rotatable bonds is 3. The van der Waals surface area contributed by atoms with Crippen LogP contribution in [0.1, 0.15) is 0 Å². The predicted octanol–water partition coefficient (Wildman–Crippen LogP) is 1.93. The average molecular weight is 299 g/mol. The quantitative estimate of drug-likeness (QED) is 0.938. The zero-order valence-electron chi connectivity index (χ0n) is 12.4. The second-order valence-corrected chi connectivity index (χ2v) is 5.15. The number of pyridine rings is 1. The van der Waals surface area contributed by atoms with E-state index in [1.807, 2.05) is 43.3 Å². The van der Waals surface area contributed by atoms with Gasteiger partial charge in [-0.25, -0.2) is 4.98 Å². The zero-order valence-corrected chi connectivity index (χ0v) is 12.4. The summed E-state index contributed by atoms with van der Waals surface area (Å²) >= 11 is 0. The van der Waals surface area contributed by atoms with Crippen molar-refractivity contribution in [2.45, 2.75) is 6.10 Å². The highest BCUT2D eigenvalue weighted by molar-refractivity contribution is 5.94. The molecule has 0 aliphatic carbocycles. The largest absolute Gasteiger partial charge is 0.485 e. The van der Waals surface area contributed by atoms with Crippen molar-refractivity contribution < 1.29 is 14.3 Å². The molecule has 1 amide bonds. The summed E-state index contributed by atoms with van der Waals surface area (Å²) in [5, 5.41) is 2.74. The van der Waals surface area contributed by atoms with Gasteiger partial charge in [-0.1, -0.05) is 12.1 Å². The van der Waals surface area contributed by atoms with Gasteiger partial charge >= 0.3 is 0 Å². The van der Waals surface area contributed by atoms with Crippen molar-refractivity contribution in [3.8, 4) is 11.5 Å². The van der Waals surface area contributed by atoms with Crippen LogP contribution in [0.4, 0.5) is 11.5 Å². The molecule has 22 heavy (non-hydrogen) atoms. The van der Waals surface area contributed by atoms with Gasteiger partial charge in [-0.05, 0) is 24.3 Å². The van der Waals surface area contributed by atoms with Crippen molar-refractivity contribution in [3.63, 3.8) is 0 Å². The number of benzene rings is 1. The van der Waals surface area contributed by atoms with Gasteiger partial charge in [-0.2, -0.15) is 0 Å². The predicted molar refractivity (Wildman–Crippen MR) is 83.5 cm³/mol. The maximum absolute atomic E-state index is 12.2. The van der Waals surface area contributed by atoms with E-state index in [1.165, 1.54) is 0 Å². The smallest absolute Gasteiger partial charge is 0.270 e. The summed E-state index contributed by atoms with van der Waals surface area (Å²) < 4.78 is 11.2. The Hall–Kier alpha value is -2.76. The van der Waals surface area contributed by atoms with Crippen molar-refractivity contribution in [2.24, 2.45) is 0 Å². The summed E-state index contributed by atoms with van der Waals surface area (Å²) in [5.74, 6) is 1.43. The van der Waals surface area contributed by atoms with Crippen LogP contribution in [0.3, 0.4) is 0 Å². The first-order chi connectivity index (χ1) is 10.6. The topological polar surface area (TPSA) is 63.7 Å². The molecule has 1 aliphatic heterocycles. The van der Waals surface area contributed by atoms with E-state index in [-0.39, 0.29) is 12.5 Å². The molecule has 6 nitrogen and oxygen atoms in total. The number of carbonyl (C=O) groups is 1. The molecule has 1 unspecified atom stereocenters. The number of para-hydroxylation sites is 2. The van der Waals surface area contributed by atoms with Gasteiger partial charge in [0.05, 0.1) is 11.9 Å². The Morgan fingerprint density at radius 1 is 1.23 bits per heavy atom. The van der Waals surface area contributed by atoms with Gasteiger partial charge in [0.1, 0.15) is 12.4 Å². The number of hydrogen-bond donors (Lipinski definition) is 1. The fraction of sp³-hybridized carbons (Fsp3) is 0.250. The van der Waals surface area contributed by atoms with Crippen molar-refractivity contribution in [1.82, 2.24) is 4.98 Å². The first kappa shape index (κ1) is 14.2. The van der Waals surface area contributed by atoms with Crippen molar-refractivity contribution in [3.05, 3.63) is 42.6 Å². The molecule has 0 saturated carbocycles. The SMILES string of the molecule is CN(C)c1ccc(NC(=O)C2COc3ccccc3O2)nc1. The number of anilines is 2. The molecule has 1 aromatic carbocycles. The lowest BCUT2D eigenvalue weighted by atomic mass is 10.2. The lowest BCUT2D eigenvalue weighted by Crippen LogP contribution is -2.40. The molecule has 1 atom stereocenters. The Morgan fingerprint density at radius 3 is 2.68 bits per heavy atom. The van der Waals surface area contributed by atoms with E-state index in [9.17, 15) is 4.79 Å². The number of nitrogens with zero attached hydrogens (tertiary/aromatic N) is 2. The number of fused-ring (bicyclic) bond motifs is 1. The lowest BCUT2D eigenvalue weighted by Gasteiger charge is -2.25. The number of nitrogens with one attached hydrogen (secondary N) is 1. The van der Waals surface area contributed by atoms with Crippen LogP contribution in [-0.2, 0) is 4.79 Å². The van der Waals surface area contributed by atoms with Gasteiger partial charge in [0.2, 0.25) is 6.10 Å². The molecular weight excluding hydrogens is 282 g/mol. The highest BCUT2D eigenvalue weighted by Gasteiger charge is 2.27. The minimum Gasteiger partial charge on any atom is -0.485 e. The van der Waals surface area contributed by atoms with E-state index in [1.54, 1.807) is 18.3 Å². The van der Waals surface area contributed by atoms with E-state index >= 15 is 0 Å². The fourth-order valence-electron chi connectivity index (χ4n) is 2.08. The maximum Gasteiger partial charge on any atom is 0.270 e. The summed E-state index contributed by atoms with van der Waals surface area (Å²) in [4.78, 5) is 18.4. The highest BCUT2D eigenvalue weighted by Crippen LogP contribution is 2.31. The van der Waals surface area contributed by atoms with Gasteiger partial charge in [0.25, 0.3) is 5.91 Å². The van der Waals surface area contributed by atoms with Crippen LogP contribution < -0.4 is 19.7 Å². The molecule has 1 aliphatic rings. The van der Waals surface area contributed by atoms with Crippen molar-refractivity contribution in [1.29, 1.82) is 0 Å². The summed E-state index contributed by atoms with van der Waals surface area (Å²) in [6.45, 7) is 0.179. The van der Waals surface area contributed by atoms with Gasteiger partial charge in [0.15, 0.2) is 11.5 Å². The van der Waals surface area contributed by atoms with Crippen LogP contribution >= 0.6 is 0 Å². The van der Waals surface area contributed by atoms with Crippen LogP contribution in [0.15, 0.2) is 42.6 Å². The molecule has 6 heteroatoms.